The van der Waals surface area contributed by atoms with E-state index in [1.807, 2.05) is 0 Å². The van der Waals surface area contributed by atoms with Gasteiger partial charge < -0.3 is 9.72 Å². The minimum Gasteiger partial charge on any atom is -0.406 e. The largest absolute Gasteiger partial charge is 0.573 e. The molecule has 1 aromatic heterocycles. The third-order valence-electron chi connectivity index (χ3n) is 2.06. The van der Waals surface area contributed by atoms with Crippen molar-refractivity contribution in [3.8, 4) is 5.75 Å². The molecule has 0 aliphatic carbocycles. The van der Waals surface area contributed by atoms with Crippen LogP contribution in [0.4, 0.5) is 13.2 Å². The molecule has 0 saturated carbocycles. The standard InChI is InChI=1S/C10H8F3NO/c1-6-4-8(15-10(11,12)13)5-7-2-3-14-9(6)7/h2-5,14H,1H3. The van der Waals surface area contributed by atoms with Crippen LogP contribution < -0.4 is 4.74 Å². The lowest BCUT2D eigenvalue weighted by molar-refractivity contribution is -0.274. The number of rotatable bonds is 1. The second kappa shape index (κ2) is 3.18. The van der Waals surface area contributed by atoms with E-state index < -0.39 is 6.36 Å². The fraction of sp³-hybridized carbons (Fsp3) is 0.200. The van der Waals surface area contributed by atoms with Crippen molar-refractivity contribution >= 4 is 10.9 Å². The van der Waals surface area contributed by atoms with E-state index >= 15 is 0 Å². The van der Waals surface area contributed by atoms with Crippen molar-refractivity contribution < 1.29 is 17.9 Å². The Kier molecular flexibility index (Phi) is 2.10. The molecule has 2 nitrogen and oxygen atoms in total. The van der Waals surface area contributed by atoms with E-state index in [1.54, 1.807) is 19.2 Å². The van der Waals surface area contributed by atoms with Crippen molar-refractivity contribution in [1.82, 2.24) is 4.98 Å². The molecule has 0 spiro atoms. The molecular formula is C10H8F3NO. The van der Waals surface area contributed by atoms with Gasteiger partial charge in [0, 0.05) is 17.1 Å². The Labute approximate surface area is 83.7 Å². The Balaban J connectivity index is 2.45. The van der Waals surface area contributed by atoms with Crippen LogP contribution in [-0.4, -0.2) is 11.3 Å². The average molecular weight is 215 g/mol. The topological polar surface area (TPSA) is 25.0 Å². The highest BCUT2D eigenvalue weighted by atomic mass is 19.4. The molecule has 0 radical (unpaired) electrons. The number of benzene rings is 1. The zero-order valence-corrected chi connectivity index (χ0v) is 7.85. The first-order chi connectivity index (χ1) is 6.96. The minimum atomic E-state index is -4.64. The first-order valence-electron chi connectivity index (χ1n) is 4.29. The first-order valence-corrected chi connectivity index (χ1v) is 4.29. The Bertz CT molecular complexity index is 487. The van der Waals surface area contributed by atoms with Gasteiger partial charge in [-0.05, 0) is 30.7 Å². The van der Waals surface area contributed by atoms with Crippen molar-refractivity contribution in [3.63, 3.8) is 0 Å². The monoisotopic (exact) mass is 215 g/mol. The van der Waals surface area contributed by atoms with E-state index in [9.17, 15) is 13.2 Å². The van der Waals surface area contributed by atoms with E-state index in [0.29, 0.717) is 5.39 Å². The van der Waals surface area contributed by atoms with E-state index in [0.717, 1.165) is 11.1 Å². The lowest BCUT2D eigenvalue weighted by Gasteiger charge is -2.09. The maximum Gasteiger partial charge on any atom is 0.573 e. The third kappa shape index (κ3) is 2.06. The number of hydrogen-bond donors (Lipinski definition) is 1. The summed E-state index contributed by atoms with van der Waals surface area (Å²) >= 11 is 0. The number of H-pyrrole nitrogens is 1. The van der Waals surface area contributed by atoms with Gasteiger partial charge in [-0.3, -0.25) is 0 Å². The zero-order chi connectivity index (χ0) is 11.1. The van der Waals surface area contributed by atoms with Crippen LogP contribution in [0.2, 0.25) is 0 Å². The molecule has 1 aromatic carbocycles. The van der Waals surface area contributed by atoms with Gasteiger partial charge in [-0.1, -0.05) is 0 Å². The summed E-state index contributed by atoms with van der Waals surface area (Å²) in [6.45, 7) is 1.72. The molecule has 15 heavy (non-hydrogen) atoms. The highest BCUT2D eigenvalue weighted by Crippen LogP contribution is 2.28. The first kappa shape index (κ1) is 9.89. The van der Waals surface area contributed by atoms with Gasteiger partial charge in [0.05, 0.1) is 0 Å². The molecule has 0 amide bonds. The molecule has 1 N–H and O–H groups in total. The number of aromatic amines is 1. The van der Waals surface area contributed by atoms with Gasteiger partial charge in [0.15, 0.2) is 0 Å². The van der Waals surface area contributed by atoms with E-state index in [4.69, 9.17) is 0 Å². The molecule has 0 aliphatic heterocycles. The Hall–Kier alpha value is -1.65. The zero-order valence-electron chi connectivity index (χ0n) is 7.85. The van der Waals surface area contributed by atoms with Crippen LogP contribution in [0.15, 0.2) is 24.4 Å². The van der Waals surface area contributed by atoms with E-state index in [1.165, 1.54) is 12.1 Å². The van der Waals surface area contributed by atoms with Crippen LogP contribution in [0.1, 0.15) is 5.56 Å². The molecular weight excluding hydrogens is 207 g/mol. The quantitative estimate of drug-likeness (QED) is 0.775. The lowest BCUT2D eigenvalue weighted by atomic mass is 10.1. The number of hydrogen-bond acceptors (Lipinski definition) is 1. The summed E-state index contributed by atoms with van der Waals surface area (Å²) < 4.78 is 39.8. The second-order valence-corrected chi connectivity index (χ2v) is 3.23. The summed E-state index contributed by atoms with van der Waals surface area (Å²) in [6, 6.07) is 4.41. The molecule has 1 heterocycles. The molecule has 0 fully saturated rings. The number of aromatic nitrogens is 1. The van der Waals surface area contributed by atoms with Crippen molar-refractivity contribution in [1.29, 1.82) is 0 Å². The predicted molar refractivity (Wildman–Crippen MR) is 49.7 cm³/mol. The van der Waals surface area contributed by atoms with Crippen LogP contribution in [0, 0.1) is 6.92 Å². The van der Waals surface area contributed by atoms with Gasteiger partial charge in [0.25, 0.3) is 0 Å². The number of fused-ring (bicyclic) bond motifs is 1. The average Bonchev–Trinajstić information content (AvgIpc) is 2.48. The van der Waals surface area contributed by atoms with Gasteiger partial charge in [0.1, 0.15) is 5.75 Å². The Morgan fingerprint density at radius 2 is 2.00 bits per heavy atom. The van der Waals surface area contributed by atoms with Crippen LogP contribution in [-0.2, 0) is 0 Å². The van der Waals surface area contributed by atoms with Gasteiger partial charge in [-0.25, -0.2) is 0 Å². The van der Waals surface area contributed by atoms with Gasteiger partial charge in [0.2, 0.25) is 0 Å². The molecule has 2 rings (SSSR count). The third-order valence-corrected chi connectivity index (χ3v) is 2.06. The maximum atomic E-state index is 12.0. The summed E-state index contributed by atoms with van der Waals surface area (Å²) in [5.74, 6) is -0.188. The summed E-state index contributed by atoms with van der Waals surface area (Å²) in [5, 5.41) is 0.703. The van der Waals surface area contributed by atoms with Crippen molar-refractivity contribution in [2.45, 2.75) is 13.3 Å². The normalized spacial score (nSPS) is 12.0. The Morgan fingerprint density at radius 3 is 2.67 bits per heavy atom. The predicted octanol–water partition coefficient (Wildman–Crippen LogP) is 3.37. The number of nitrogens with one attached hydrogen (secondary N) is 1. The van der Waals surface area contributed by atoms with Crippen LogP contribution in [0.3, 0.4) is 0 Å². The summed E-state index contributed by atoms with van der Waals surface area (Å²) in [7, 11) is 0. The van der Waals surface area contributed by atoms with Gasteiger partial charge in [-0.2, -0.15) is 0 Å². The molecule has 0 aliphatic rings. The molecule has 0 unspecified atom stereocenters. The number of halogens is 3. The SMILES string of the molecule is Cc1cc(OC(F)(F)F)cc2cc[nH]c12. The van der Waals surface area contributed by atoms with Crippen molar-refractivity contribution in [3.05, 3.63) is 30.0 Å². The lowest BCUT2D eigenvalue weighted by Crippen LogP contribution is -2.17. The second-order valence-electron chi connectivity index (χ2n) is 3.23. The van der Waals surface area contributed by atoms with Crippen molar-refractivity contribution in [2.24, 2.45) is 0 Å². The van der Waals surface area contributed by atoms with E-state index in [2.05, 4.69) is 9.72 Å². The van der Waals surface area contributed by atoms with Crippen LogP contribution in [0.5, 0.6) is 5.75 Å². The van der Waals surface area contributed by atoms with E-state index in [-0.39, 0.29) is 5.75 Å². The Morgan fingerprint density at radius 1 is 1.27 bits per heavy atom. The number of ether oxygens (including phenoxy) is 1. The molecule has 0 bridgehead atoms. The minimum absolute atomic E-state index is 0.188. The number of alkyl halides is 3. The molecule has 0 saturated heterocycles. The van der Waals surface area contributed by atoms with Crippen LogP contribution >= 0.6 is 0 Å². The molecule has 2 aromatic rings. The molecule has 80 valence electrons. The summed E-state index contributed by atoms with van der Waals surface area (Å²) in [5.41, 5.74) is 1.54. The van der Waals surface area contributed by atoms with Gasteiger partial charge in [-0.15, -0.1) is 13.2 Å². The fourth-order valence-electron chi connectivity index (χ4n) is 1.52. The van der Waals surface area contributed by atoms with Gasteiger partial charge >= 0.3 is 6.36 Å². The van der Waals surface area contributed by atoms with Crippen LogP contribution in [0.25, 0.3) is 10.9 Å². The maximum absolute atomic E-state index is 12.0. The summed E-state index contributed by atoms with van der Waals surface area (Å²) in [6.07, 6.45) is -2.97. The molecule has 0 atom stereocenters. The molecule has 5 heteroatoms. The highest BCUT2D eigenvalue weighted by Gasteiger charge is 2.31. The fourth-order valence-corrected chi connectivity index (χ4v) is 1.52. The summed E-state index contributed by atoms with van der Waals surface area (Å²) in [4.78, 5) is 2.94. The highest BCUT2D eigenvalue weighted by molar-refractivity contribution is 5.83. The van der Waals surface area contributed by atoms with Crippen molar-refractivity contribution in [2.75, 3.05) is 0 Å². The smallest absolute Gasteiger partial charge is 0.406 e. The number of aryl methyl sites for hydroxylation is 1.